The van der Waals surface area contributed by atoms with Crippen molar-refractivity contribution in [3.8, 4) is 0 Å². The van der Waals surface area contributed by atoms with Gasteiger partial charge in [0.25, 0.3) is 0 Å². The number of hydrogen-bond acceptors (Lipinski definition) is 3. The molecule has 0 radical (unpaired) electrons. The number of fused-ring (bicyclic) bond motifs is 1. The van der Waals surface area contributed by atoms with Crippen LogP contribution in [0.15, 0.2) is 30.3 Å². The van der Waals surface area contributed by atoms with E-state index in [4.69, 9.17) is 0 Å². The molecule has 0 aliphatic carbocycles. The first-order chi connectivity index (χ1) is 9.61. The predicted octanol–water partition coefficient (Wildman–Crippen LogP) is 3.50. The second-order valence-electron chi connectivity index (χ2n) is 5.17. The van der Waals surface area contributed by atoms with Crippen LogP contribution in [-0.2, 0) is 6.54 Å². The summed E-state index contributed by atoms with van der Waals surface area (Å²) < 4.78 is 0. The molecule has 2 N–H and O–H groups in total. The van der Waals surface area contributed by atoms with E-state index in [1.54, 1.807) is 0 Å². The molecule has 1 aromatic carbocycles. The quantitative estimate of drug-likeness (QED) is 0.763. The molecule has 0 bridgehead atoms. The maximum Gasteiger partial charge on any atom is 0.143 e. The van der Waals surface area contributed by atoms with Crippen molar-refractivity contribution < 1.29 is 0 Å². The molecular formula is C16H18N4. The Morgan fingerprint density at radius 1 is 1.05 bits per heavy atom. The first-order valence-corrected chi connectivity index (χ1v) is 6.75. The van der Waals surface area contributed by atoms with Gasteiger partial charge in [-0.05, 0) is 32.4 Å². The van der Waals surface area contributed by atoms with Gasteiger partial charge >= 0.3 is 0 Å². The van der Waals surface area contributed by atoms with Crippen molar-refractivity contribution in [2.45, 2.75) is 27.3 Å². The summed E-state index contributed by atoms with van der Waals surface area (Å²) in [6, 6.07) is 10.6. The number of hydrogen-bond donors (Lipinski definition) is 2. The zero-order valence-electron chi connectivity index (χ0n) is 12.0. The van der Waals surface area contributed by atoms with Crippen LogP contribution in [0.3, 0.4) is 0 Å². The smallest absolute Gasteiger partial charge is 0.143 e. The fourth-order valence-corrected chi connectivity index (χ4v) is 2.28. The highest BCUT2D eigenvalue weighted by Gasteiger charge is 2.08. The molecule has 4 heteroatoms. The molecule has 0 aliphatic rings. The first kappa shape index (κ1) is 12.7. The van der Waals surface area contributed by atoms with E-state index in [1.807, 2.05) is 13.8 Å². The Labute approximate surface area is 118 Å². The van der Waals surface area contributed by atoms with Crippen LogP contribution in [0.5, 0.6) is 0 Å². The van der Waals surface area contributed by atoms with Crippen LogP contribution in [0, 0.1) is 20.8 Å². The van der Waals surface area contributed by atoms with Crippen LogP contribution in [0.25, 0.3) is 11.0 Å². The van der Waals surface area contributed by atoms with Crippen molar-refractivity contribution >= 4 is 16.9 Å². The van der Waals surface area contributed by atoms with Gasteiger partial charge in [0.1, 0.15) is 17.3 Å². The molecule has 4 nitrogen and oxygen atoms in total. The molecule has 102 valence electrons. The number of H-pyrrole nitrogens is 1. The highest BCUT2D eigenvalue weighted by molar-refractivity contribution is 5.87. The molecule has 0 aliphatic heterocycles. The van der Waals surface area contributed by atoms with E-state index >= 15 is 0 Å². The summed E-state index contributed by atoms with van der Waals surface area (Å²) in [5, 5.41) is 4.45. The summed E-state index contributed by atoms with van der Waals surface area (Å²) in [4.78, 5) is 12.2. The summed E-state index contributed by atoms with van der Waals surface area (Å²) >= 11 is 0. The molecule has 0 saturated heterocycles. The molecule has 0 atom stereocenters. The number of aromatic amines is 1. The third-order valence-corrected chi connectivity index (χ3v) is 3.31. The summed E-state index contributed by atoms with van der Waals surface area (Å²) in [5.74, 6) is 1.66. The first-order valence-electron chi connectivity index (χ1n) is 6.75. The van der Waals surface area contributed by atoms with Crippen LogP contribution in [0.4, 0.5) is 5.82 Å². The van der Waals surface area contributed by atoms with Crippen LogP contribution in [0.1, 0.15) is 22.6 Å². The molecule has 0 saturated carbocycles. The zero-order valence-corrected chi connectivity index (χ0v) is 12.0. The Morgan fingerprint density at radius 3 is 2.55 bits per heavy atom. The molecule has 3 aromatic rings. The van der Waals surface area contributed by atoms with Crippen LogP contribution >= 0.6 is 0 Å². The molecule has 3 rings (SSSR count). The standard InChI is InChI=1S/C16H18N4/c1-10-4-6-13(7-5-10)9-17-15-14-8-11(2)18-16(14)20-12(3)19-15/h4-8H,9H2,1-3H3,(H2,17,18,19,20). The van der Waals surface area contributed by atoms with Gasteiger partial charge in [-0.15, -0.1) is 0 Å². The average Bonchev–Trinajstić information content (AvgIpc) is 2.78. The second-order valence-corrected chi connectivity index (χ2v) is 5.17. The number of rotatable bonds is 3. The van der Waals surface area contributed by atoms with E-state index in [9.17, 15) is 0 Å². The maximum absolute atomic E-state index is 4.51. The van der Waals surface area contributed by atoms with Gasteiger partial charge in [0, 0.05) is 12.2 Å². The minimum atomic E-state index is 0.760. The second kappa shape index (κ2) is 4.96. The summed E-state index contributed by atoms with van der Waals surface area (Å²) in [6.07, 6.45) is 0. The van der Waals surface area contributed by atoms with Gasteiger partial charge in [-0.3, -0.25) is 0 Å². The van der Waals surface area contributed by atoms with E-state index in [0.29, 0.717) is 0 Å². The van der Waals surface area contributed by atoms with Crippen molar-refractivity contribution in [2.75, 3.05) is 5.32 Å². The van der Waals surface area contributed by atoms with Gasteiger partial charge in [0.15, 0.2) is 0 Å². The Balaban J connectivity index is 1.88. The highest BCUT2D eigenvalue weighted by Crippen LogP contribution is 2.21. The Kier molecular flexibility index (Phi) is 3.14. The van der Waals surface area contributed by atoms with Crippen LogP contribution in [0.2, 0.25) is 0 Å². The van der Waals surface area contributed by atoms with Crippen molar-refractivity contribution in [1.29, 1.82) is 0 Å². The minimum Gasteiger partial charge on any atom is -0.365 e. The fraction of sp³-hybridized carbons (Fsp3) is 0.250. The molecule has 0 unspecified atom stereocenters. The van der Waals surface area contributed by atoms with Crippen LogP contribution in [-0.4, -0.2) is 15.0 Å². The summed E-state index contributed by atoms with van der Waals surface area (Å²) in [6.45, 7) is 6.79. The van der Waals surface area contributed by atoms with Gasteiger partial charge in [-0.25, -0.2) is 9.97 Å². The Morgan fingerprint density at radius 2 is 1.80 bits per heavy atom. The molecule has 0 fully saturated rings. The van der Waals surface area contributed by atoms with E-state index in [1.165, 1.54) is 11.1 Å². The Hall–Kier alpha value is -2.36. The van der Waals surface area contributed by atoms with E-state index in [0.717, 1.165) is 34.9 Å². The topological polar surface area (TPSA) is 53.6 Å². The SMILES string of the molecule is Cc1ccc(CNc2nc(C)nc3[nH]c(C)cc23)cc1. The van der Waals surface area contributed by atoms with Gasteiger partial charge < -0.3 is 10.3 Å². The molecule has 20 heavy (non-hydrogen) atoms. The van der Waals surface area contributed by atoms with Gasteiger partial charge in [0.05, 0.1) is 5.39 Å². The largest absolute Gasteiger partial charge is 0.365 e. The normalized spacial score (nSPS) is 10.9. The lowest BCUT2D eigenvalue weighted by Gasteiger charge is -2.08. The van der Waals surface area contributed by atoms with Gasteiger partial charge in [0.2, 0.25) is 0 Å². The lowest BCUT2D eigenvalue weighted by atomic mass is 10.1. The number of nitrogens with one attached hydrogen (secondary N) is 2. The summed E-state index contributed by atoms with van der Waals surface area (Å²) in [7, 11) is 0. The van der Waals surface area contributed by atoms with Gasteiger partial charge in [-0.1, -0.05) is 29.8 Å². The zero-order chi connectivity index (χ0) is 14.1. The monoisotopic (exact) mass is 266 g/mol. The summed E-state index contributed by atoms with van der Waals surface area (Å²) in [5.41, 5.74) is 4.50. The average molecular weight is 266 g/mol. The fourth-order valence-electron chi connectivity index (χ4n) is 2.28. The van der Waals surface area contributed by atoms with E-state index < -0.39 is 0 Å². The Bertz CT molecular complexity index is 741. The highest BCUT2D eigenvalue weighted by atomic mass is 15.0. The molecule has 0 spiro atoms. The predicted molar refractivity (Wildman–Crippen MR) is 81.9 cm³/mol. The molecular weight excluding hydrogens is 248 g/mol. The number of aryl methyl sites for hydroxylation is 3. The van der Waals surface area contributed by atoms with Crippen LogP contribution < -0.4 is 5.32 Å². The minimum absolute atomic E-state index is 0.760. The molecule has 2 heterocycles. The molecule has 2 aromatic heterocycles. The van der Waals surface area contributed by atoms with Crippen molar-refractivity contribution in [3.05, 3.63) is 53.0 Å². The van der Waals surface area contributed by atoms with E-state index in [-0.39, 0.29) is 0 Å². The number of nitrogens with zero attached hydrogens (tertiary/aromatic N) is 2. The lowest BCUT2D eigenvalue weighted by molar-refractivity contribution is 1.04. The van der Waals surface area contributed by atoms with Gasteiger partial charge in [-0.2, -0.15) is 0 Å². The lowest BCUT2D eigenvalue weighted by Crippen LogP contribution is -2.03. The third kappa shape index (κ3) is 2.50. The number of aromatic nitrogens is 3. The maximum atomic E-state index is 4.51. The molecule has 0 amide bonds. The number of anilines is 1. The van der Waals surface area contributed by atoms with Crippen molar-refractivity contribution in [3.63, 3.8) is 0 Å². The van der Waals surface area contributed by atoms with E-state index in [2.05, 4.69) is 57.5 Å². The third-order valence-electron chi connectivity index (χ3n) is 3.31. The number of benzene rings is 1. The van der Waals surface area contributed by atoms with Crippen molar-refractivity contribution in [2.24, 2.45) is 0 Å². The van der Waals surface area contributed by atoms with Crippen molar-refractivity contribution in [1.82, 2.24) is 15.0 Å².